The number of nitrogens with two attached hydrogens (primary N) is 1. The first-order chi connectivity index (χ1) is 8.22. The molecule has 94 valence electrons. The topological polar surface area (TPSA) is 29.3 Å². The van der Waals surface area contributed by atoms with Crippen LogP contribution in [0.5, 0.6) is 0 Å². The second kappa shape index (κ2) is 5.78. The molecule has 1 saturated heterocycles. The van der Waals surface area contributed by atoms with Gasteiger partial charge >= 0.3 is 0 Å². The average molecular weight is 250 g/mol. The normalized spacial score (nSPS) is 20.6. The lowest BCUT2D eigenvalue weighted by molar-refractivity contribution is 0.699. The molecule has 3 heteroatoms. The molecule has 0 amide bonds. The van der Waals surface area contributed by atoms with Crippen LogP contribution in [0.15, 0.2) is 18.2 Å². The second-order valence-electron chi connectivity index (χ2n) is 4.77. The van der Waals surface area contributed by atoms with Crippen molar-refractivity contribution in [1.82, 2.24) is 0 Å². The van der Waals surface area contributed by atoms with E-state index in [1.807, 2.05) is 0 Å². The Labute approximate surface area is 109 Å². The van der Waals surface area contributed by atoms with Gasteiger partial charge in [0.05, 0.1) is 0 Å². The summed E-state index contributed by atoms with van der Waals surface area (Å²) >= 11 is 2.06. The Balaban J connectivity index is 2.18. The summed E-state index contributed by atoms with van der Waals surface area (Å²) in [5.74, 6) is 2.48. The molecule has 0 radical (unpaired) electrons. The summed E-state index contributed by atoms with van der Waals surface area (Å²) in [6.45, 7) is 6.41. The van der Waals surface area contributed by atoms with Crippen molar-refractivity contribution in [2.24, 2.45) is 5.73 Å². The summed E-state index contributed by atoms with van der Waals surface area (Å²) in [6, 6.07) is 7.46. The number of aryl methyl sites for hydroxylation is 1. The van der Waals surface area contributed by atoms with E-state index in [1.165, 1.54) is 34.9 Å². The molecule has 0 saturated carbocycles. The van der Waals surface area contributed by atoms with E-state index in [0.717, 1.165) is 13.0 Å². The zero-order valence-electron chi connectivity index (χ0n) is 10.8. The highest BCUT2D eigenvalue weighted by Crippen LogP contribution is 2.25. The largest absolute Gasteiger partial charge is 0.367 e. The monoisotopic (exact) mass is 250 g/mol. The quantitative estimate of drug-likeness (QED) is 0.893. The average Bonchev–Trinajstić information content (AvgIpc) is 2.33. The van der Waals surface area contributed by atoms with Crippen molar-refractivity contribution in [3.05, 3.63) is 29.3 Å². The Hall–Kier alpha value is -0.670. The fourth-order valence-electron chi connectivity index (χ4n) is 2.41. The van der Waals surface area contributed by atoms with Crippen molar-refractivity contribution in [2.75, 3.05) is 29.5 Å². The molecule has 1 unspecified atom stereocenters. The van der Waals surface area contributed by atoms with Gasteiger partial charge in [-0.1, -0.05) is 6.07 Å². The van der Waals surface area contributed by atoms with E-state index in [4.69, 9.17) is 5.73 Å². The molecular weight excluding hydrogens is 228 g/mol. The first kappa shape index (κ1) is 12.8. The maximum Gasteiger partial charge on any atom is 0.0372 e. The lowest BCUT2D eigenvalue weighted by atomic mass is 10.0. The maximum atomic E-state index is 5.62. The van der Waals surface area contributed by atoms with E-state index in [9.17, 15) is 0 Å². The summed E-state index contributed by atoms with van der Waals surface area (Å²) in [7, 11) is 0. The second-order valence-corrected chi connectivity index (χ2v) is 5.92. The first-order valence-corrected chi connectivity index (χ1v) is 7.52. The molecule has 0 spiro atoms. The van der Waals surface area contributed by atoms with Gasteiger partial charge in [-0.3, -0.25) is 0 Å². The zero-order valence-corrected chi connectivity index (χ0v) is 11.6. The maximum absolute atomic E-state index is 5.62. The molecule has 2 rings (SSSR count). The smallest absolute Gasteiger partial charge is 0.0372 e. The van der Waals surface area contributed by atoms with Gasteiger partial charge in [-0.25, -0.2) is 0 Å². The van der Waals surface area contributed by atoms with Gasteiger partial charge in [0.25, 0.3) is 0 Å². The molecule has 0 aliphatic carbocycles. The number of anilines is 1. The molecule has 2 N–H and O–H groups in total. The third kappa shape index (κ3) is 2.96. The summed E-state index contributed by atoms with van der Waals surface area (Å²) < 4.78 is 0. The lowest BCUT2D eigenvalue weighted by Crippen LogP contribution is -2.40. The molecule has 1 aliphatic rings. The highest BCUT2D eigenvalue weighted by atomic mass is 32.2. The van der Waals surface area contributed by atoms with Crippen LogP contribution in [0.25, 0.3) is 0 Å². The zero-order chi connectivity index (χ0) is 12.3. The number of hydrogen-bond donors (Lipinski definition) is 1. The van der Waals surface area contributed by atoms with E-state index in [1.54, 1.807) is 0 Å². The van der Waals surface area contributed by atoms with Crippen molar-refractivity contribution in [2.45, 2.75) is 26.3 Å². The summed E-state index contributed by atoms with van der Waals surface area (Å²) in [4.78, 5) is 2.52. The van der Waals surface area contributed by atoms with Gasteiger partial charge in [0.1, 0.15) is 0 Å². The minimum absolute atomic E-state index is 0.647. The standard InChI is InChI=1S/C14H22N2S/c1-11-9-14(4-3-13(11)5-6-15)16-7-8-17-10-12(16)2/h3-4,9,12H,5-8,10,15H2,1-2H3. The Kier molecular flexibility index (Phi) is 4.35. The van der Waals surface area contributed by atoms with Gasteiger partial charge in [0.2, 0.25) is 0 Å². The van der Waals surface area contributed by atoms with Gasteiger partial charge in [-0.15, -0.1) is 0 Å². The van der Waals surface area contributed by atoms with Crippen LogP contribution < -0.4 is 10.6 Å². The third-order valence-corrected chi connectivity index (χ3v) is 4.63. The Bertz CT molecular complexity index is 378. The van der Waals surface area contributed by atoms with Crippen LogP contribution in [-0.2, 0) is 6.42 Å². The minimum Gasteiger partial charge on any atom is -0.367 e. The third-order valence-electron chi connectivity index (χ3n) is 3.44. The number of hydrogen-bond acceptors (Lipinski definition) is 3. The SMILES string of the molecule is Cc1cc(N2CCSCC2C)ccc1CCN. The molecule has 17 heavy (non-hydrogen) atoms. The van der Waals surface area contributed by atoms with Gasteiger partial charge in [-0.05, 0) is 50.1 Å². The summed E-state index contributed by atoms with van der Waals surface area (Å²) in [5, 5.41) is 0. The van der Waals surface area contributed by atoms with Crippen LogP contribution in [0.1, 0.15) is 18.1 Å². The van der Waals surface area contributed by atoms with Gasteiger partial charge in [0.15, 0.2) is 0 Å². The van der Waals surface area contributed by atoms with Crippen molar-refractivity contribution in [3.8, 4) is 0 Å². The molecule has 1 atom stereocenters. The van der Waals surface area contributed by atoms with Crippen LogP contribution in [-0.4, -0.2) is 30.6 Å². The predicted octanol–water partition coefficient (Wildman–Crippen LogP) is 2.44. The highest BCUT2D eigenvalue weighted by Gasteiger charge is 2.19. The molecule has 1 heterocycles. The van der Waals surface area contributed by atoms with Crippen LogP contribution in [0.2, 0.25) is 0 Å². The number of thioether (sulfide) groups is 1. The molecule has 1 aliphatic heterocycles. The van der Waals surface area contributed by atoms with Crippen molar-refractivity contribution in [3.63, 3.8) is 0 Å². The Morgan fingerprint density at radius 1 is 1.47 bits per heavy atom. The van der Waals surface area contributed by atoms with E-state index in [-0.39, 0.29) is 0 Å². The number of benzene rings is 1. The van der Waals surface area contributed by atoms with Gasteiger partial charge in [0, 0.05) is 29.8 Å². The van der Waals surface area contributed by atoms with Crippen molar-refractivity contribution >= 4 is 17.4 Å². The van der Waals surface area contributed by atoms with E-state index in [0.29, 0.717) is 6.04 Å². The van der Waals surface area contributed by atoms with Crippen molar-refractivity contribution in [1.29, 1.82) is 0 Å². The number of rotatable bonds is 3. The Morgan fingerprint density at radius 3 is 2.94 bits per heavy atom. The molecule has 1 aromatic carbocycles. The van der Waals surface area contributed by atoms with E-state index < -0.39 is 0 Å². The molecule has 1 fully saturated rings. The lowest BCUT2D eigenvalue weighted by Gasteiger charge is -2.35. The fourth-order valence-corrected chi connectivity index (χ4v) is 3.42. The molecule has 2 nitrogen and oxygen atoms in total. The van der Waals surface area contributed by atoms with Crippen LogP contribution in [0, 0.1) is 6.92 Å². The van der Waals surface area contributed by atoms with E-state index >= 15 is 0 Å². The molecule has 0 aromatic heterocycles. The molecule has 0 bridgehead atoms. The van der Waals surface area contributed by atoms with Gasteiger partial charge < -0.3 is 10.6 Å². The number of nitrogens with zero attached hydrogens (tertiary/aromatic N) is 1. The Morgan fingerprint density at radius 2 is 2.29 bits per heavy atom. The predicted molar refractivity (Wildman–Crippen MR) is 78.1 cm³/mol. The van der Waals surface area contributed by atoms with Crippen molar-refractivity contribution < 1.29 is 0 Å². The summed E-state index contributed by atoms with van der Waals surface area (Å²) in [5.41, 5.74) is 9.75. The summed E-state index contributed by atoms with van der Waals surface area (Å²) in [6.07, 6.45) is 0.984. The minimum atomic E-state index is 0.647. The van der Waals surface area contributed by atoms with Gasteiger partial charge in [-0.2, -0.15) is 11.8 Å². The van der Waals surface area contributed by atoms with Crippen LogP contribution in [0.4, 0.5) is 5.69 Å². The van der Waals surface area contributed by atoms with Crippen LogP contribution >= 0.6 is 11.8 Å². The highest BCUT2D eigenvalue weighted by molar-refractivity contribution is 7.99. The first-order valence-electron chi connectivity index (χ1n) is 6.36. The van der Waals surface area contributed by atoms with Crippen LogP contribution in [0.3, 0.4) is 0 Å². The fraction of sp³-hybridized carbons (Fsp3) is 0.571. The van der Waals surface area contributed by atoms with E-state index in [2.05, 4.69) is 48.7 Å². The molecular formula is C14H22N2S. The molecule has 1 aromatic rings.